The first-order valence-corrected chi connectivity index (χ1v) is 12.5. The van der Waals surface area contributed by atoms with Crippen LogP contribution in [-0.4, -0.2) is 48.9 Å². The van der Waals surface area contributed by atoms with Crippen molar-refractivity contribution in [1.82, 2.24) is 14.3 Å². The third kappa shape index (κ3) is 3.92. The van der Waals surface area contributed by atoms with Crippen LogP contribution < -0.4 is 4.90 Å². The van der Waals surface area contributed by atoms with Crippen LogP contribution in [0.15, 0.2) is 70.9 Å². The SMILES string of the molecule is O=S(=O)(c1ccc(Cl)cc1)N1CCN(c2nc(-c3cccs3)nc3ccccc23)CC1. The van der Waals surface area contributed by atoms with Crippen molar-refractivity contribution in [3.63, 3.8) is 0 Å². The molecule has 158 valence electrons. The van der Waals surface area contributed by atoms with Crippen LogP contribution >= 0.6 is 22.9 Å². The monoisotopic (exact) mass is 470 g/mol. The molecular formula is C22H19ClN4O2S2. The van der Waals surface area contributed by atoms with Gasteiger partial charge in [-0.05, 0) is 47.8 Å². The number of piperazine rings is 1. The quantitative estimate of drug-likeness (QED) is 0.438. The summed E-state index contributed by atoms with van der Waals surface area (Å²) < 4.78 is 27.5. The van der Waals surface area contributed by atoms with E-state index in [4.69, 9.17) is 21.6 Å². The van der Waals surface area contributed by atoms with Gasteiger partial charge in [-0.15, -0.1) is 11.3 Å². The van der Waals surface area contributed by atoms with E-state index in [0.29, 0.717) is 37.0 Å². The van der Waals surface area contributed by atoms with Crippen molar-refractivity contribution in [3.05, 3.63) is 71.1 Å². The fourth-order valence-electron chi connectivity index (χ4n) is 3.71. The molecule has 0 aliphatic carbocycles. The normalized spacial score (nSPS) is 15.5. The molecule has 0 unspecified atom stereocenters. The molecule has 0 radical (unpaired) electrons. The number of thiophene rings is 1. The molecule has 0 bridgehead atoms. The minimum absolute atomic E-state index is 0.262. The molecule has 31 heavy (non-hydrogen) atoms. The first kappa shape index (κ1) is 20.4. The molecule has 0 amide bonds. The van der Waals surface area contributed by atoms with Gasteiger partial charge in [-0.25, -0.2) is 18.4 Å². The summed E-state index contributed by atoms with van der Waals surface area (Å²) >= 11 is 7.51. The van der Waals surface area contributed by atoms with Crippen molar-refractivity contribution < 1.29 is 8.42 Å². The maximum absolute atomic E-state index is 13.0. The highest BCUT2D eigenvalue weighted by molar-refractivity contribution is 7.89. The van der Waals surface area contributed by atoms with Gasteiger partial charge in [0.2, 0.25) is 10.0 Å². The topological polar surface area (TPSA) is 66.4 Å². The Morgan fingerprint density at radius 3 is 2.32 bits per heavy atom. The maximum atomic E-state index is 13.0. The van der Waals surface area contributed by atoms with E-state index < -0.39 is 10.0 Å². The lowest BCUT2D eigenvalue weighted by Gasteiger charge is -2.35. The number of benzene rings is 2. The molecule has 2 aromatic carbocycles. The summed E-state index contributed by atoms with van der Waals surface area (Å²) in [7, 11) is -3.55. The first-order chi connectivity index (χ1) is 15.0. The van der Waals surface area contributed by atoms with Crippen LogP contribution in [0.3, 0.4) is 0 Å². The molecule has 1 saturated heterocycles. The van der Waals surface area contributed by atoms with Crippen LogP contribution in [0.2, 0.25) is 5.02 Å². The summed E-state index contributed by atoms with van der Waals surface area (Å²) in [5.74, 6) is 1.54. The standard InChI is InChI=1S/C22H19ClN4O2S2/c23-16-7-9-17(10-8-16)31(28,29)27-13-11-26(12-14-27)22-18-4-1-2-5-19(18)24-21(25-22)20-6-3-15-30-20/h1-10,15H,11-14H2. The predicted molar refractivity (Wildman–Crippen MR) is 125 cm³/mol. The number of halogens is 1. The second kappa shape index (κ2) is 8.20. The van der Waals surface area contributed by atoms with E-state index in [-0.39, 0.29) is 4.90 Å². The van der Waals surface area contributed by atoms with Crippen LogP contribution in [0.5, 0.6) is 0 Å². The molecule has 1 aliphatic heterocycles. The lowest BCUT2D eigenvalue weighted by molar-refractivity contribution is 0.384. The van der Waals surface area contributed by atoms with Crippen LogP contribution in [0.4, 0.5) is 5.82 Å². The molecule has 0 saturated carbocycles. The van der Waals surface area contributed by atoms with E-state index in [1.807, 2.05) is 41.8 Å². The molecule has 3 heterocycles. The van der Waals surface area contributed by atoms with Crippen molar-refractivity contribution in [2.24, 2.45) is 0 Å². The van der Waals surface area contributed by atoms with Gasteiger partial charge in [0, 0.05) is 36.6 Å². The Hall–Kier alpha value is -2.52. The minimum atomic E-state index is -3.55. The number of para-hydroxylation sites is 1. The summed E-state index contributed by atoms with van der Waals surface area (Å²) in [5.41, 5.74) is 0.882. The number of hydrogen-bond donors (Lipinski definition) is 0. The Bertz CT molecular complexity index is 1320. The summed E-state index contributed by atoms with van der Waals surface area (Å²) in [6.45, 7) is 1.88. The predicted octanol–water partition coefficient (Wildman–Crippen LogP) is 4.52. The minimum Gasteiger partial charge on any atom is -0.353 e. The van der Waals surface area contributed by atoms with Gasteiger partial charge in [-0.2, -0.15) is 4.31 Å². The smallest absolute Gasteiger partial charge is 0.243 e. The van der Waals surface area contributed by atoms with Crippen LogP contribution in [0.25, 0.3) is 21.6 Å². The number of aromatic nitrogens is 2. The van der Waals surface area contributed by atoms with Crippen molar-refractivity contribution in [2.45, 2.75) is 4.90 Å². The van der Waals surface area contributed by atoms with E-state index in [9.17, 15) is 8.42 Å². The van der Waals surface area contributed by atoms with Crippen LogP contribution in [-0.2, 0) is 10.0 Å². The Labute approximate surface area is 189 Å². The Morgan fingerprint density at radius 1 is 0.871 bits per heavy atom. The largest absolute Gasteiger partial charge is 0.353 e. The summed E-state index contributed by atoms with van der Waals surface area (Å²) in [4.78, 5) is 13.0. The van der Waals surface area contributed by atoms with E-state index in [2.05, 4.69) is 4.90 Å². The molecule has 5 rings (SSSR count). The molecule has 2 aromatic heterocycles. The molecule has 6 nitrogen and oxygen atoms in total. The average Bonchev–Trinajstić information content (AvgIpc) is 3.34. The molecule has 9 heteroatoms. The Kier molecular flexibility index (Phi) is 5.39. The zero-order valence-corrected chi connectivity index (χ0v) is 18.9. The van der Waals surface area contributed by atoms with Gasteiger partial charge in [0.1, 0.15) is 5.82 Å². The number of sulfonamides is 1. The van der Waals surface area contributed by atoms with Crippen molar-refractivity contribution >= 4 is 49.7 Å². The Morgan fingerprint density at radius 2 is 1.61 bits per heavy atom. The van der Waals surface area contributed by atoms with Gasteiger partial charge < -0.3 is 4.90 Å². The first-order valence-electron chi connectivity index (χ1n) is 9.84. The van der Waals surface area contributed by atoms with E-state index >= 15 is 0 Å². The van der Waals surface area contributed by atoms with Gasteiger partial charge in [-0.3, -0.25) is 0 Å². The van der Waals surface area contributed by atoms with Gasteiger partial charge in [0.15, 0.2) is 5.82 Å². The zero-order valence-electron chi connectivity index (χ0n) is 16.5. The summed E-state index contributed by atoms with van der Waals surface area (Å²) in [6.07, 6.45) is 0. The second-order valence-electron chi connectivity index (χ2n) is 7.21. The summed E-state index contributed by atoms with van der Waals surface area (Å²) in [5, 5.41) is 3.49. The number of fused-ring (bicyclic) bond motifs is 1. The lowest BCUT2D eigenvalue weighted by atomic mass is 10.2. The van der Waals surface area contributed by atoms with Crippen molar-refractivity contribution in [1.29, 1.82) is 0 Å². The highest BCUT2D eigenvalue weighted by atomic mass is 35.5. The number of hydrogen-bond acceptors (Lipinski definition) is 6. The average molecular weight is 471 g/mol. The molecule has 1 fully saturated rings. The fourth-order valence-corrected chi connectivity index (χ4v) is 5.92. The number of nitrogens with zero attached hydrogens (tertiary/aromatic N) is 4. The molecule has 4 aromatic rings. The summed E-state index contributed by atoms with van der Waals surface area (Å²) in [6, 6.07) is 18.2. The maximum Gasteiger partial charge on any atom is 0.243 e. The highest BCUT2D eigenvalue weighted by Gasteiger charge is 2.29. The van der Waals surface area contributed by atoms with Crippen LogP contribution in [0, 0.1) is 0 Å². The van der Waals surface area contributed by atoms with Gasteiger partial charge >= 0.3 is 0 Å². The third-order valence-corrected chi connectivity index (χ3v) is 8.34. The van der Waals surface area contributed by atoms with Gasteiger partial charge in [-0.1, -0.05) is 29.8 Å². The Balaban J connectivity index is 1.43. The molecule has 0 N–H and O–H groups in total. The number of rotatable bonds is 4. The zero-order chi connectivity index (χ0) is 21.4. The number of anilines is 1. The van der Waals surface area contributed by atoms with E-state index in [0.717, 1.165) is 21.6 Å². The van der Waals surface area contributed by atoms with E-state index in [1.54, 1.807) is 35.6 Å². The van der Waals surface area contributed by atoms with Gasteiger partial charge in [0.05, 0.1) is 15.3 Å². The fraction of sp³-hybridized carbons (Fsp3) is 0.182. The molecule has 0 atom stereocenters. The molecule has 1 aliphatic rings. The molecule has 0 spiro atoms. The van der Waals surface area contributed by atoms with E-state index in [1.165, 1.54) is 4.31 Å². The lowest BCUT2D eigenvalue weighted by Crippen LogP contribution is -2.49. The highest BCUT2D eigenvalue weighted by Crippen LogP contribution is 2.30. The van der Waals surface area contributed by atoms with Crippen LogP contribution in [0.1, 0.15) is 0 Å². The third-order valence-electron chi connectivity index (χ3n) is 5.31. The van der Waals surface area contributed by atoms with Crippen molar-refractivity contribution in [2.75, 3.05) is 31.1 Å². The second-order valence-corrected chi connectivity index (χ2v) is 10.5. The van der Waals surface area contributed by atoms with Gasteiger partial charge in [0.25, 0.3) is 0 Å². The van der Waals surface area contributed by atoms with Crippen molar-refractivity contribution in [3.8, 4) is 10.7 Å². The molecular weight excluding hydrogens is 452 g/mol.